The summed E-state index contributed by atoms with van der Waals surface area (Å²) in [6.07, 6.45) is 3.83. The van der Waals surface area contributed by atoms with Gasteiger partial charge in [-0.15, -0.1) is 0 Å². The van der Waals surface area contributed by atoms with Crippen molar-refractivity contribution < 1.29 is 18.8 Å². The van der Waals surface area contributed by atoms with Crippen molar-refractivity contribution in [3.05, 3.63) is 96.3 Å². The first-order valence-electron chi connectivity index (χ1n) is 11.1. The number of carbonyl (C=O) groups is 3. The van der Waals surface area contributed by atoms with Crippen LogP contribution in [0.25, 0.3) is 6.08 Å². The topological polar surface area (TPSA) is 69.7 Å². The second kappa shape index (κ2) is 7.66. The molecule has 3 aliphatic heterocycles. The average Bonchev–Trinajstić information content (AvgIpc) is 3.33. The molecule has 0 aromatic heterocycles. The van der Waals surface area contributed by atoms with Crippen LogP contribution in [-0.4, -0.2) is 29.8 Å². The third kappa shape index (κ3) is 2.97. The number of nitrogens with zero attached hydrogens (tertiary/aromatic N) is 2. The van der Waals surface area contributed by atoms with Crippen LogP contribution < -0.4 is 15.1 Å². The van der Waals surface area contributed by atoms with Crippen LogP contribution in [-0.2, 0) is 14.4 Å². The van der Waals surface area contributed by atoms with Crippen LogP contribution in [0.1, 0.15) is 5.56 Å². The number of benzene rings is 3. The molecule has 0 bridgehead atoms. The summed E-state index contributed by atoms with van der Waals surface area (Å²) in [6.45, 7) is 0. The van der Waals surface area contributed by atoms with Gasteiger partial charge in [-0.25, -0.2) is 9.29 Å². The average molecular weight is 453 g/mol. The Morgan fingerprint density at radius 2 is 1.50 bits per heavy atom. The van der Waals surface area contributed by atoms with E-state index in [0.717, 1.165) is 16.2 Å². The molecule has 0 saturated carbocycles. The molecule has 3 aliphatic rings. The van der Waals surface area contributed by atoms with Gasteiger partial charge in [-0.05, 0) is 48.0 Å². The van der Waals surface area contributed by atoms with Gasteiger partial charge in [0.15, 0.2) is 0 Å². The van der Waals surface area contributed by atoms with E-state index in [9.17, 15) is 18.8 Å². The van der Waals surface area contributed by atoms with Crippen LogP contribution >= 0.6 is 0 Å². The largest absolute Gasteiger partial charge is 0.351 e. The Bertz CT molecular complexity index is 1340. The monoisotopic (exact) mass is 453 g/mol. The van der Waals surface area contributed by atoms with Gasteiger partial charge >= 0.3 is 0 Å². The van der Waals surface area contributed by atoms with Crippen LogP contribution in [0.5, 0.6) is 0 Å². The third-order valence-corrected chi connectivity index (χ3v) is 6.81. The first kappa shape index (κ1) is 20.4. The molecule has 0 aliphatic carbocycles. The van der Waals surface area contributed by atoms with Gasteiger partial charge < -0.3 is 10.2 Å². The third-order valence-electron chi connectivity index (χ3n) is 6.81. The second-order valence-electron chi connectivity index (χ2n) is 8.66. The van der Waals surface area contributed by atoms with Gasteiger partial charge in [0.1, 0.15) is 11.9 Å². The molecule has 0 radical (unpaired) electrons. The Balaban J connectivity index is 1.44. The molecule has 6 nitrogen and oxygen atoms in total. The van der Waals surface area contributed by atoms with Crippen molar-refractivity contribution in [2.75, 3.05) is 15.1 Å². The highest BCUT2D eigenvalue weighted by molar-refractivity contribution is 6.25. The Morgan fingerprint density at radius 3 is 2.26 bits per heavy atom. The van der Waals surface area contributed by atoms with Crippen LogP contribution in [0, 0.1) is 17.7 Å². The SMILES string of the molecule is O=C(Nc1ccccc1)[C@@H]1[C@H]2C(=O)N(c3ccc(F)cc3)C(=O)[C@@H]2[C@H]2C=Cc3ccccc3N21. The van der Waals surface area contributed by atoms with Crippen molar-refractivity contribution >= 4 is 40.9 Å². The number of imide groups is 1. The molecule has 34 heavy (non-hydrogen) atoms. The molecule has 3 heterocycles. The fourth-order valence-corrected chi connectivity index (χ4v) is 5.40. The molecule has 6 rings (SSSR count). The summed E-state index contributed by atoms with van der Waals surface area (Å²) in [6, 6.07) is 20.6. The lowest BCUT2D eigenvalue weighted by Crippen LogP contribution is -2.50. The molecule has 1 N–H and O–H groups in total. The van der Waals surface area contributed by atoms with Gasteiger partial charge in [0, 0.05) is 11.4 Å². The summed E-state index contributed by atoms with van der Waals surface area (Å²) >= 11 is 0. The molecule has 2 fully saturated rings. The summed E-state index contributed by atoms with van der Waals surface area (Å²) in [5, 5.41) is 2.92. The number of hydrogen-bond acceptors (Lipinski definition) is 4. The minimum Gasteiger partial charge on any atom is -0.351 e. The van der Waals surface area contributed by atoms with Crippen molar-refractivity contribution in [2.24, 2.45) is 11.8 Å². The van der Waals surface area contributed by atoms with Crippen molar-refractivity contribution in [1.29, 1.82) is 0 Å². The molecule has 2 saturated heterocycles. The Labute approximate surface area is 195 Å². The van der Waals surface area contributed by atoms with Crippen molar-refractivity contribution in [3.63, 3.8) is 0 Å². The van der Waals surface area contributed by atoms with Crippen molar-refractivity contribution in [2.45, 2.75) is 12.1 Å². The van der Waals surface area contributed by atoms with Gasteiger partial charge in [0.2, 0.25) is 17.7 Å². The standard InChI is InChI=1S/C27H20FN3O3/c28-17-11-13-19(14-12-17)30-26(33)22-21-15-10-16-6-4-5-9-20(16)31(21)24(23(22)27(30)34)25(32)29-18-7-2-1-3-8-18/h1-15,21-24H,(H,29,32)/t21-,22-,23+,24+/m1/s1. The number of nitrogens with one attached hydrogen (secondary N) is 1. The van der Waals surface area contributed by atoms with E-state index in [1.807, 2.05) is 59.5 Å². The fraction of sp³-hybridized carbons (Fsp3) is 0.148. The molecular weight excluding hydrogens is 433 g/mol. The first-order chi connectivity index (χ1) is 16.5. The number of amides is 3. The Hall–Kier alpha value is -4.26. The van der Waals surface area contributed by atoms with Gasteiger partial charge in [0.05, 0.1) is 23.6 Å². The lowest BCUT2D eigenvalue weighted by molar-refractivity contribution is -0.126. The van der Waals surface area contributed by atoms with E-state index in [1.54, 1.807) is 12.1 Å². The number of halogens is 1. The maximum absolute atomic E-state index is 13.7. The summed E-state index contributed by atoms with van der Waals surface area (Å²) in [7, 11) is 0. The highest BCUT2D eigenvalue weighted by Gasteiger charge is 2.64. The first-order valence-corrected chi connectivity index (χ1v) is 11.1. The molecule has 4 atom stereocenters. The molecule has 7 heteroatoms. The fourth-order valence-electron chi connectivity index (χ4n) is 5.40. The van der Waals surface area contributed by atoms with Gasteiger partial charge in [0.25, 0.3) is 0 Å². The normalized spacial score (nSPS) is 24.6. The summed E-state index contributed by atoms with van der Waals surface area (Å²) < 4.78 is 13.5. The summed E-state index contributed by atoms with van der Waals surface area (Å²) in [5.41, 5.74) is 2.65. The Kier molecular flexibility index (Phi) is 4.58. The van der Waals surface area contributed by atoms with Crippen molar-refractivity contribution in [3.8, 4) is 0 Å². The van der Waals surface area contributed by atoms with E-state index in [1.165, 1.54) is 24.3 Å². The zero-order chi connectivity index (χ0) is 23.4. The highest BCUT2D eigenvalue weighted by atomic mass is 19.1. The van der Waals surface area contributed by atoms with Crippen LogP contribution in [0.4, 0.5) is 21.5 Å². The van der Waals surface area contributed by atoms with E-state index in [0.29, 0.717) is 11.4 Å². The van der Waals surface area contributed by atoms with Gasteiger partial charge in [-0.1, -0.05) is 48.6 Å². The summed E-state index contributed by atoms with van der Waals surface area (Å²) in [5.74, 6) is -3.24. The van der Waals surface area contributed by atoms with E-state index in [2.05, 4.69) is 5.32 Å². The zero-order valence-electron chi connectivity index (χ0n) is 18.0. The molecule has 0 unspecified atom stereocenters. The quantitative estimate of drug-likeness (QED) is 0.612. The van der Waals surface area contributed by atoms with E-state index in [-0.39, 0.29) is 11.8 Å². The second-order valence-corrected chi connectivity index (χ2v) is 8.66. The number of rotatable bonds is 3. The minimum absolute atomic E-state index is 0.305. The number of fused-ring (bicyclic) bond motifs is 5. The molecule has 3 aromatic carbocycles. The molecule has 3 aromatic rings. The number of anilines is 3. The van der Waals surface area contributed by atoms with Gasteiger partial charge in [-0.2, -0.15) is 0 Å². The van der Waals surface area contributed by atoms with Crippen molar-refractivity contribution in [1.82, 2.24) is 0 Å². The number of hydrogen-bond donors (Lipinski definition) is 1. The molecule has 168 valence electrons. The van der Waals surface area contributed by atoms with E-state index < -0.39 is 35.6 Å². The lowest BCUT2D eigenvalue weighted by atomic mass is 9.88. The maximum atomic E-state index is 13.7. The minimum atomic E-state index is -0.886. The molecule has 3 amide bonds. The van der Waals surface area contributed by atoms with Gasteiger partial charge in [-0.3, -0.25) is 14.4 Å². The molecule has 0 spiro atoms. The smallest absolute Gasteiger partial charge is 0.247 e. The van der Waals surface area contributed by atoms with E-state index in [4.69, 9.17) is 0 Å². The predicted molar refractivity (Wildman–Crippen MR) is 126 cm³/mol. The Morgan fingerprint density at radius 1 is 0.824 bits per heavy atom. The predicted octanol–water partition coefficient (Wildman–Crippen LogP) is 3.85. The number of carbonyl (C=O) groups excluding carboxylic acids is 3. The molecular formula is C27H20FN3O3. The summed E-state index contributed by atoms with van der Waals surface area (Å²) in [4.78, 5) is 43.9. The van der Waals surface area contributed by atoms with E-state index >= 15 is 0 Å². The highest BCUT2D eigenvalue weighted by Crippen LogP contribution is 2.49. The van der Waals surface area contributed by atoms with Crippen LogP contribution in [0.2, 0.25) is 0 Å². The lowest BCUT2D eigenvalue weighted by Gasteiger charge is -2.36. The number of para-hydroxylation sites is 2. The van der Waals surface area contributed by atoms with Crippen LogP contribution in [0.15, 0.2) is 84.9 Å². The zero-order valence-corrected chi connectivity index (χ0v) is 18.0. The van der Waals surface area contributed by atoms with Crippen LogP contribution in [0.3, 0.4) is 0 Å². The maximum Gasteiger partial charge on any atom is 0.247 e.